The van der Waals surface area contributed by atoms with E-state index in [4.69, 9.17) is 4.74 Å². The summed E-state index contributed by atoms with van der Waals surface area (Å²) in [5.74, 6) is -1.24. The Morgan fingerprint density at radius 3 is 2.30 bits per heavy atom. The molecule has 142 valence electrons. The van der Waals surface area contributed by atoms with Crippen molar-refractivity contribution < 1.29 is 18.3 Å². The van der Waals surface area contributed by atoms with Crippen LogP contribution in [0.1, 0.15) is 18.4 Å². The van der Waals surface area contributed by atoms with Crippen LogP contribution in [0.3, 0.4) is 0 Å². The molecule has 2 aromatic carbocycles. The lowest BCUT2D eigenvalue weighted by Gasteiger charge is -2.44. The van der Waals surface area contributed by atoms with Gasteiger partial charge < -0.3 is 4.74 Å². The number of fused-ring (bicyclic) bond motifs is 3. The first kappa shape index (κ1) is 17.9. The van der Waals surface area contributed by atoms with E-state index in [-0.39, 0.29) is 18.3 Å². The molecule has 2 aromatic rings. The molecule has 27 heavy (non-hydrogen) atoms. The van der Waals surface area contributed by atoms with Crippen molar-refractivity contribution in [3.8, 4) is 0 Å². The van der Waals surface area contributed by atoms with E-state index in [0.29, 0.717) is 12.5 Å². The number of hydrogen-bond donors (Lipinski definition) is 0. The van der Waals surface area contributed by atoms with Gasteiger partial charge in [0.25, 0.3) is 0 Å². The topological polar surface area (TPSA) is 32.8 Å². The summed E-state index contributed by atoms with van der Waals surface area (Å²) in [6.45, 7) is 2.77. The second-order valence-corrected chi connectivity index (χ2v) is 7.20. The van der Waals surface area contributed by atoms with Crippen LogP contribution in [0.2, 0.25) is 0 Å². The summed E-state index contributed by atoms with van der Waals surface area (Å²) in [5, 5.41) is 0. The van der Waals surface area contributed by atoms with E-state index < -0.39 is 17.7 Å². The summed E-state index contributed by atoms with van der Waals surface area (Å²) in [4.78, 5) is 16.3. The van der Waals surface area contributed by atoms with Crippen molar-refractivity contribution in [3.05, 3.63) is 65.7 Å². The van der Waals surface area contributed by atoms with Crippen molar-refractivity contribution in [2.24, 2.45) is 5.92 Å². The number of rotatable bonds is 4. The van der Waals surface area contributed by atoms with Gasteiger partial charge in [-0.2, -0.15) is 0 Å². The first-order valence-electron chi connectivity index (χ1n) is 9.30. The third kappa shape index (κ3) is 3.81. The van der Waals surface area contributed by atoms with Crippen LogP contribution in [0.5, 0.6) is 0 Å². The minimum atomic E-state index is -0.781. The number of nitrogens with zero attached hydrogens (tertiary/aromatic N) is 2. The fourth-order valence-corrected chi connectivity index (χ4v) is 3.99. The summed E-state index contributed by atoms with van der Waals surface area (Å²) in [6.07, 6.45) is 1.05. The van der Waals surface area contributed by atoms with Crippen LogP contribution in [0.25, 0.3) is 0 Å². The van der Waals surface area contributed by atoms with Gasteiger partial charge in [-0.1, -0.05) is 36.4 Å². The molecule has 1 atom stereocenters. The Kier molecular flexibility index (Phi) is 5.07. The second kappa shape index (κ2) is 7.64. The zero-order valence-electron chi connectivity index (χ0n) is 15.0. The lowest BCUT2D eigenvalue weighted by molar-refractivity contribution is -0.0312. The fraction of sp³-hybridized carbons (Fsp3) is 0.381. The van der Waals surface area contributed by atoms with Crippen LogP contribution >= 0.6 is 0 Å². The van der Waals surface area contributed by atoms with Crippen molar-refractivity contribution in [3.63, 3.8) is 0 Å². The fourth-order valence-electron chi connectivity index (χ4n) is 3.99. The number of anilines is 1. The Morgan fingerprint density at radius 1 is 1.04 bits per heavy atom. The Hall–Kier alpha value is -2.47. The molecular formula is C21H22F2N2O2. The minimum Gasteiger partial charge on any atom is -0.444 e. The smallest absolute Gasteiger partial charge is 0.415 e. The predicted octanol–water partition coefficient (Wildman–Crippen LogP) is 4.20. The molecule has 0 aliphatic carbocycles. The molecule has 3 heterocycles. The number of hydrogen-bond acceptors (Lipinski definition) is 3. The number of carbonyl (C=O) groups is 1. The molecule has 2 bridgehead atoms. The first-order valence-corrected chi connectivity index (χ1v) is 9.30. The van der Waals surface area contributed by atoms with Gasteiger partial charge in [-0.15, -0.1) is 0 Å². The van der Waals surface area contributed by atoms with E-state index in [0.717, 1.165) is 48.5 Å². The van der Waals surface area contributed by atoms with Gasteiger partial charge >= 0.3 is 6.09 Å². The molecule has 3 saturated heterocycles. The number of halogens is 2. The van der Waals surface area contributed by atoms with Gasteiger partial charge in [0.15, 0.2) is 0 Å². The van der Waals surface area contributed by atoms with Crippen LogP contribution in [0.4, 0.5) is 19.3 Å². The van der Waals surface area contributed by atoms with Gasteiger partial charge in [-0.25, -0.2) is 13.6 Å². The van der Waals surface area contributed by atoms with E-state index in [1.54, 1.807) is 0 Å². The van der Waals surface area contributed by atoms with E-state index in [2.05, 4.69) is 4.90 Å². The third-order valence-electron chi connectivity index (χ3n) is 5.46. The standard InChI is InChI=1S/C21H22F2N2O2/c22-17-7-4-8-18(23)20(17)25(13-15-5-2-1-3-6-15)21(26)27-19-14-24-11-9-16(19)10-12-24/h1-8,16,19H,9-14H2/t19-/m0/s1. The highest BCUT2D eigenvalue weighted by Crippen LogP contribution is 2.31. The van der Waals surface area contributed by atoms with Gasteiger partial charge in [0.2, 0.25) is 0 Å². The average molecular weight is 372 g/mol. The van der Waals surface area contributed by atoms with Crippen molar-refractivity contribution in [2.75, 3.05) is 24.5 Å². The highest BCUT2D eigenvalue weighted by molar-refractivity contribution is 5.88. The maximum absolute atomic E-state index is 14.4. The molecule has 5 rings (SSSR count). The van der Waals surface area contributed by atoms with Crippen molar-refractivity contribution in [1.82, 2.24) is 4.90 Å². The summed E-state index contributed by atoms with van der Waals surface area (Å²) in [7, 11) is 0. The zero-order chi connectivity index (χ0) is 18.8. The normalized spacial score (nSPS) is 23.9. The van der Waals surface area contributed by atoms with Gasteiger partial charge in [0.1, 0.15) is 23.4 Å². The van der Waals surface area contributed by atoms with E-state index in [9.17, 15) is 13.6 Å². The van der Waals surface area contributed by atoms with Gasteiger partial charge in [0, 0.05) is 6.54 Å². The third-order valence-corrected chi connectivity index (χ3v) is 5.46. The number of carbonyl (C=O) groups excluding carboxylic acids is 1. The van der Waals surface area contributed by atoms with E-state index in [1.165, 1.54) is 6.07 Å². The largest absolute Gasteiger partial charge is 0.444 e. The molecule has 0 unspecified atom stereocenters. The van der Waals surface area contributed by atoms with Gasteiger partial charge in [0.05, 0.1) is 6.54 Å². The molecule has 0 spiro atoms. The molecule has 0 radical (unpaired) electrons. The predicted molar refractivity (Wildman–Crippen MR) is 98.4 cm³/mol. The maximum Gasteiger partial charge on any atom is 0.415 e. The Balaban J connectivity index is 1.60. The zero-order valence-corrected chi connectivity index (χ0v) is 15.0. The van der Waals surface area contributed by atoms with Gasteiger partial charge in [-0.05, 0) is 49.5 Å². The second-order valence-electron chi connectivity index (χ2n) is 7.20. The molecular weight excluding hydrogens is 350 g/mol. The SMILES string of the molecule is O=C(O[C@H]1CN2CCC1CC2)N(Cc1ccccc1)c1c(F)cccc1F. The Bertz CT molecular complexity index is 787. The Labute approximate surface area is 157 Å². The first-order chi connectivity index (χ1) is 13.1. The highest BCUT2D eigenvalue weighted by Gasteiger charge is 2.38. The minimum absolute atomic E-state index is 0.0403. The van der Waals surface area contributed by atoms with Crippen LogP contribution in [-0.4, -0.2) is 36.7 Å². The number of para-hydroxylation sites is 1. The molecule has 6 heteroatoms. The summed E-state index contributed by atoms with van der Waals surface area (Å²) in [6, 6.07) is 12.7. The Morgan fingerprint density at radius 2 is 1.70 bits per heavy atom. The molecule has 3 aliphatic heterocycles. The molecule has 0 aromatic heterocycles. The van der Waals surface area contributed by atoms with Crippen molar-refractivity contribution in [2.45, 2.75) is 25.5 Å². The quantitative estimate of drug-likeness (QED) is 0.806. The monoisotopic (exact) mass is 372 g/mol. The molecule has 3 fully saturated rings. The molecule has 1 amide bonds. The van der Waals surface area contributed by atoms with Crippen molar-refractivity contribution in [1.29, 1.82) is 0 Å². The van der Waals surface area contributed by atoms with Crippen molar-refractivity contribution >= 4 is 11.8 Å². The van der Waals surface area contributed by atoms with Crippen LogP contribution in [0.15, 0.2) is 48.5 Å². The summed E-state index contributed by atoms with van der Waals surface area (Å²) >= 11 is 0. The molecule has 3 aliphatic rings. The van der Waals surface area contributed by atoms with Crippen LogP contribution in [0, 0.1) is 17.6 Å². The lowest BCUT2D eigenvalue weighted by Crippen LogP contribution is -2.53. The average Bonchev–Trinajstić information content (AvgIpc) is 2.69. The number of amides is 1. The molecule has 0 N–H and O–H groups in total. The van der Waals surface area contributed by atoms with Crippen LogP contribution in [-0.2, 0) is 11.3 Å². The molecule has 0 saturated carbocycles. The van der Waals surface area contributed by atoms with Gasteiger partial charge in [-0.3, -0.25) is 9.80 Å². The lowest BCUT2D eigenvalue weighted by atomic mass is 9.86. The van der Waals surface area contributed by atoms with Crippen LogP contribution < -0.4 is 4.90 Å². The summed E-state index contributed by atoms with van der Waals surface area (Å²) in [5.41, 5.74) is 0.402. The summed E-state index contributed by atoms with van der Waals surface area (Å²) < 4.78 is 34.5. The molecule has 4 nitrogen and oxygen atoms in total. The number of benzene rings is 2. The highest BCUT2D eigenvalue weighted by atomic mass is 19.1. The number of piperidine rings is 3. The van der Waals surface area contributed by atoms with E-state index >= 15 is 0 Å². The maximum atomic E-state index is 14.4. The van der Waals surface area contributed by atoms with E-state index in [1.807, 2.05) is 30.3 Å². The number of ether oxygens (including phenoxy) is 1.